The van der Waals surface area contributed by atoms with Crippen LogP contribution in [0.25, 0.3) is 0 Å². The van der Waals surface area contributed by atoms with Gasteiger partial charge in [0, 0.05) is 4.90 Å². The van der Waals surface area contributed by atoms with Gasteiger partial charge in [-0.25, -0.2) is 4.39 Å². The molecule has 3 nitrogen and oxygen atoms in total. The van der Waals surface area contributed by atoms with Crippen molar-refractivity contribution in [3.63, 3.8) is 0 Å². The molecule has 0 radical (unpaired) electrons. The molecule has 2 aromatic carbocycles. The van der Waals surface area contributed by atoms with Gasteiger partial charge in [0.15, 0.2) is 0 Å². The van der Waals surface area contributed by atoms with E-state index >= 15 is 0 Å². The molecule has 2 aromatic rings. The van der Waals surface area contributed by atoms with E-state index < -0.39 is 5.82 Å². The van der Waals surface area contributed by atoms with Crippen molar-refractivity contribution >= 4 is 29.0 Å². The van der Waals surface area contributed by atoms with Crippen LogP contribution in [0.3, 0.4) is 0 Å². The number of benzene rings is 2. The van der Waals surface area contributed by atoms with Gasteiger partial charge < -0.3 is 11.1 Å². The number of hydrogen-bond acceptors (Lipinski definition) is 3. The Morgan fingerprint density at radius 2 is 2.10 bits per heavy atom. The molecule has 1 unspecified atom stereocenters. The van der Waals surface area contributed by atoms with Crippen molar-refractivity contribution in [2.45, 2.75) is 16.6 Å². The first-order valence-electron chi connectivity index (χ1n) is 6.24. The van der Waals surface area contributed by atoms with Crippen LogP contribution in [-0.4, -0.2) is 11.2 Å². The first kappa shape index (κ1) is 13.0. The SMILES string of the molecule is Nc1cc(F)ccc1NC(=O)C1Cc2ccccc2S1. The zero-order valence-corrected chi connectivity index (χ0v) is 11.4. The number of carbonyl (C=O) groups is 1. The summed E-state index contributed by atoms with van der Waals surface area (Å²) in [4.78, 5) is 13.4. The van der Waals surface area contributed by atoms with Crippen molar-refractivity contribution < 1.29 is 9.18 Å². The van der Waals surface area contributed by atoms with Crippen LogP contribution >= 0.6 is 11.8 Å². The number of thioether (sulfide) groups is 1. The number of rotatable bonds is 2. The number of nitrogens with one attached hydrogen (secondary N) is 1. The van der Waals surface area contributed by atoms with Crippen molar-refractivity contribution in [2.75, 3.05) is 11.1 Å². The molecule has 102 valence electrons. The molecule has 1 heterocycles. The Kier molecular flexibility index (Phi) is 3.36. The van der Waals surface area contributed by atoms with Gasteiger partial charge in [0.05, 0.1) is 16.6 Å². The van der Waals surface area contributed by atoms with Crippen LogP contribution in [0, 0.1) is 5.82 Å². The molecule has 0 aromatic heterocycles. The van der Waals surface area contributed by atoms with Gasteiger partial charge in [-0.2, -0.15) is 0 Å². The molecule has 1 amide bonds. The van der Waals surface area contributed by atoms with Gasteiger partial charge in [0.2, 0.25) is 5.91 Å². The van der Waals surface area contributed by atoms with Gasteiger partial charge in [-0.1, -0.05) is 18.2 Å². The number of amides is 1. The number of halogens is 1. The second-order valence-corrected chi connectivity index (χ2v) is 5.88. The van der Waals surface area contributed by atoms with E-state index in [0.29, 0.717) is 12.1 Å². The number of anilines is 2. The third-order valence-electron chi connectivity index (χ3n) is 3.21. The highest BCUT2D eigenvalue weighted by molar-refractivity contribution is 8.01. The van der Waals surface area contributed by atoms with Crippen LogP contribution in [0.2, 0.25) is 0 Å². The molecule has 5 heteroatoms. The first-order valence-corrected chi connectivity index (χ1v) is 7.12. The summed E-state index contributed by atoms with van der Waals surface area (Å²) < 4.78 is 13.0. The smallest absolute Gasteiger partial charge is 0.238 e. The minimum absolute atomic E-state index is 0.107. The number of nitrogen functional groups attached to an aromatic ring is 1. The predicted molar refractivity (Wildman–Crippen MR) is 79.2 cm³/mol. The Morgan fingerprint density at radius 3 is 2.85 bits per heavy atom. The summed E-state index contributed by atoms with van der Waals surface area (Å²) in [6.45, 7) is 0. The van der Waals surface area contributed by atoms with E-state index in [2.05, 4.69) is 5.32 Å². The van der Waals surface area contributed by atoms with Crippen LogP contribution < -0.4 is 11.1 Å². The third kappa shape index (κ3) is 2.49. The highest BCUT2D eigenvalue weighted by Crippen LogP contribution is 2.37. The molecule has 0 aliphatic carbocycles. The minimum atomic E-state index is -0.414. The van der Waals surface area contributed by atoms with Crippen LogP contribution in [0.5, 0.6) is 0 Å². The van der Waals surface area contributed by atoms with Crippen LogP contribution in [0.4, 0.5) is 15.8 Å². The lowest BCUT2D eigenvalue weighted by atomic mass is 10.1. The van der Waals surface area contributed by atoms with Gasteiger partial charge in [0.1, 0.15) is 5.82 Å². The van der Waals surface area contributed by atoms with Crippen molar-refractivity contribution in [2.24, 2.45) is 0 Å². The van der Waals surface area contributed by atoms with Crippen LogP contribution in [0.1, 0.15) is 5.56 Å². The molecule has 3 rings (SSSR count). The van der Waals surface area contributed by atoms with E-state index in [-0.39, 0.29) is 16.8 Å². The predicted octanol–water partition coefficient (Wildman–Crippen LogP) is 3.06. The van der Waals surface area contributed by atoms with Crippen molar-refractivity contribution in [3.8, 4) is 0 Å². The highest BCUT2D eigenvalue weighted by Gasteiger charge is 2.28. The second kappa shape index (κ2) is 5.17. The van der Waals surface area contributed by atoms with Gasteiger partial charge in [-0.05, 0) is 36.2 Å². The average Bonchev–Trinajstić information content (AvgIpc) is 2.86. The maximum absolute atomic E-state index is 13.0. The molecule has 1 aliphatic rings. The van der Waals surface area contributed by atoms with Gasteiger partial charge in [-0.3, -0.25) is 4.79 Å². The van der Waals surface area contributed by atoms with Crippen molar-refractivity contribution in [3.05, 3.63) is 53.8 Å². The molecule has 0 saturated heterocycles. The summed E-state index contributed by atoms with van der Waals surface area (Å²) in [5.74, 6) is -0.521. The van der Waals surface area contributed by atoms with Crippen LogP contribution in [0.15, 0.2) is 47.4 Å². The molecule has 0 spiro atoms. The molecule has 0 fully saturated rings. The zero-order chi connectivity index (χ0) is 14.1. The fourth-order valence-corrected chi connectivity index (χ4v) is 3.38. The Morgan fingerprint density at radius 1 is 1.30 bits per heavy atom. The zero-order valence-electron chi connectivity index (χ0n) is 10.6. The number of nitrogens with two attached hydrogens (primary N) is 1. The number of fused-ring (bicyclic) bond motifs is 1. The monoisotopic (exact) mass is 288 g/mol. The van der Waals surface area contributed by atoms with E-state index in [1.165, 1.54) is 23.8 Å². The van der Waals surface area contributed by atoms with Gasteiger partial charge in [0.25, 0.3) is 0 Å². The fraction of sp³-hybridized carbons (Fsp3) is 0.133. The van der Waals surface area contributed by atoms with Crippen molar-refractivity contribution in [1.82, 2.24) is 0 Å². The highest BCUT2D eigenvalue weighted by atomic mass is 32.2. The lowest BCUT2D eigenvalue weighted by Gasteiger charge is -2.11. The van der Waals surface area contributed by atoms with E-state index in [1.54, 1.807) is 11.8 Å². The maximum atomic E-state index is 13.0. The first-order chi connectivity index (χ1) is 9.63. The topological polar surface area (TPSA) is 55.1 Å². The summed E-state index contributed by atoms with van der Waals surface area (Å²) in [6, 6.07) is 11.9. The molecule has 0 saturated carbocycles. The third-order valence-corrected chi connectivity index (χ3v) is 4.53. The maximum Gasteiger partial charge on any atom is 0.238 e. The summed E-state index contributed by atoms with van der Waals surface area (Å²) in [7, 11) is 0. The Bertz CT molecular complexity index is 650. The van der Waals surface area contributed by atoms with E-state index in [9.17, 15) is 9.18 Å². The van der Waals surface area contributed by atoms with Crippen LogP contribution in [-0.2, 0) is 11.2 Å². The fourth-order valence-electron chi connectivity index (χ4n) is 2.19. The molecular formula is C15H13FN2OS. The lowest BCUT2D eigenvalue weighted by molar-refractivity contribution is -0.115. The standard InChI is InChI=1S/C15H13FN2OS/c16-10-5-6-12(11(17)8-10)18-15(19)14-7-9-3-1-2-4-13(9)20-14/h1-6,8,14H,7,17H2,(H,18,19). The summed E-state index contributed by atoms with van der Waals surface area (Å²) in [6.07, 6.45) is 0.702. The largest absolute Gasteiger partial charge is 0.397 e. The summed E-state index contributed by atoms with van der Waals surface area (Å²) in [5, 5.41) is 2.59. The number of hydrogen-bond donors (Lipinski definition) is 2. The molecule has 3 N–H and O–H groups in total. The summed E-state index contributed by atoms with van der Waals surface area (Å²) >= 11 is 1.55. The Labute approximate surface area is 120 Å². The normalized spacial score (nSPS) is 16.8. The van der Waals surface area contributed by atoms with E-state index in [1.807, 2.05) is 24.3 Å². The Hall–Kier alpha value is -2.01. The second-order valence-electron chi connectivity index (χ2n) is 4.64. The molecule has 0 bridgehead atoms. The summed E-state index contributed by atoms with van der Waals surface area (Å²) in [5.41, 5.74) is 7.56. The van der Waals surface area contributed by atoms with Gasteiger partial charge >= 0.3 is 0 Å². The van der Waals surface area contributed by atoms with E-state index in [4.69, 9.17) is 5.73 Å². The average molecular weight is 288 g/mol. The Balaban J connectivity index is 1.72. The van der Waals surface area contributed by atoms with Crippen molar-refractivity contribution in [1.29, 1.82) is 0 Å². The van der Waals surface area contributed by atoms with Gasteiger partial charge in [-0.15, -0.1) is 11.8 Å². The molecule has 1 atom stereocenters. The molecule has 1 aliphatic heterocycles. The molecule has 20 heavy (non-hydrogen) atoms. The minimum Gasteiger partial charge on any atom is -0.397 e. The molecular weight excluding hydrogens is 275 g/mol. The van der Waals surface area contributed by atoms with E-state index in [0.717, 1.165) is 4.90 Å². The quantitative estimate of drug-likeness (QED) is 0.835. The lowest BCUT2D eigenvalue weighted by Crippen LogP contribution is -2.25. The number of carbonyl (C=O) groups excluding carboxylic acids is 1.